The van der Waals surface area contributed by atoms with E-state index in [-0.39, 0.29) is 36.9 Å². The quantitative estimate of drug-likeness (QED) is 0.260. The minimum absolute atomic E-state index is 0.00674. The van der Waals surface area contributed by atoms with Crippen molar-refractivity contribution in [3.05, 3.63) is 143 Å². The lowest BCUT2D eigenvalue weighted by atomic mass is 9.97. The molecular weight excluding hydrogens is 508 g/mol. The molecule has 41 heavy (non-hydrogen) atoms. The van der Waals surface area contributed by atoms with Crippen LogP contribution in [-0.4, -0.2) is 29.5 Å². The Hall–Kier alpha value is -4.64. The second-order valence-electron chi connectivity index (χ2n) is 10.9. The predicted octanol–water partition coefficient (Wildman–Crippen LogP) is 7.32. The van der Waals surface area contributed by atoms with Gasteiger partial charge in [0.25, 0.3) is 0 Å². The van der Waals surface area contributed by atoms with E-state index in [2.05, 4.69) is 72.9 Å². The van der Waals surface area contributed by atoms with Crippen molar-refractivity contribution in [1.29, 1.82) is 0 Å². The molecule has 6 rings (SSSR count). The maximum atomic E-state index is 13.8. The van der Waals surface area contributed by atoms with E-state index in [0.717, 1.165) is 11.1 Å². The van der Waals surface area contributed by atoms with Crippen molar-refractivity contribution in [2.75, 3.05) is 6.61 Å². The van der Waals surface area contributed by atoms with Crippen LogP contribution in [0, 0.1) is 6.92 Å². The first-order valence-corrected chi connectivity index (χ1v) is 14.2. The number of alkyl carbamates (subject to hydrolysis) is 1. The minimum atomic E-state index is -0.497. The van der Waals surface area contributed by atoms with Crippen LogP contribution in [0.2, 0.25) is 0 Å². The molecule has 0 saturated carbocycles. The number of ether oxygens (including phenoxy) is 1. The molecule has 2 unspecified atom stereocenters. The molecule has 0 aromatic heterocycles. The molecule has 5 nitrogen and oxygen atoms in total. The van der Waals surface area contributed by atoms with Crippen molar-refractivity contribution in [1.82, 2.24) is 10.2 Å². The molecule has 0 fully saturated rings. The van der Waals surface area contributed by atoms with Crippen molar-refractivity contribution in [2.24, 2.45) is 0 Å². The summed E-state index contributed by atoms with van der Waals surface area (Å²) in [5, 5.41) is 2.98. The average Bonchev–Trinajstić information content (AvgIpc) is 3.31. The number of amides is 2. The van der Waals surface area contributed by atoms with Gasteiger partial charge in [-0.25, -0.2) is 4.79 Å². The molecule has 0 bridgehead atoms. The van der Waals surface area contributed by atoms with Gasteiger partial charge in [-0.05, 0) is 46.7 Å². The van der Waals surface area contributed by atoms with E-state index in [4.69, 9.17) is 4.74 Å². The van der Waals surface area contributed by atoms with Gasteiger partial charge in [0.2, 0.25) is 5.91 Å². The zero-order valence-electron chi connectivity index (χ0n) is 23.2. The van der Waals surface area contributed by atoms with Gasteiger partial charge < -0.3 is 15.0 Å². The molecule has 1 N–H and O–H groups in total. The van der Waals surface area contributed by atoms with Crippen LogP contribution in [-0.2, 0) is 16.1 Å². The van der Waals surface area contributed by atoms with Gasteiger partial charge in [-0.1, -0.05) is 121 Å². The van der Waals surface area contributed by atoms with E-state index >= 15 is 0 Å². The number of benzene rings is 4. The number of carbonyl (C=O) groups is 2. The number of aryl methyl sites for hydroxylation is 1. The second-order valence-corrected chi connectivity index (χ2v) is 10.9. The summed E-state index contributed by atoms with van der Waals surface area (Å²) in [6.07, 6.45) is 4.41. The summed E-state index contributed by atoms with van der Waals surface area (Å²) >= 11 is 0. The summed E-state index contributed by atoms with van der Waals surface area (Å²) in [5.41, 5.74) is 8.03. The number of fused-ring (bicyclic) bond motifs is 3. The van der Waals surface area contributed by atoms with Crippen molar-refractivity contribution < 1.29 is 14.3 Å². The smallest absolute Gasteiger partial charge is 0.407 e. The van der Waals surface area contributed by atoms with Gasteiger partial charge in [0.1, 0.15) is 6.61 Å². The summed E-state index contributed by atoms with van der Waals surface area (Å²) in [6.45, 7) is 2.79. The Bertz CT molecular complexity index is 1520. The van der Waals surface area contributed by atoms with E-state index in [9.17, 15) is 9.59 Å². The molecule has 0 saturated heterocycles. The van der Waals surface area contributed by atoms with E-state index in [1.807, 2.05) is 59.5 Å². The lowest BCUT2D eigenvalue weighted by molar-refractivity contribution is -0.134. The number of hydrogen-bond donors (Lipinski definition) is 1. The van der Waals surface area contributed by atoms with Gasteiger partial charge in [-0.2, -0.15) is 0 Å². The summed E-state index contributed by atoms with van der Waals surface area (Å²) in [7, 11) is 0. The minimum Gasteiger partial charge on any atom is -0.449 e. The van der Waals surface area contributed by atoms with Crippen molar-refractivity contribution >= 4 is 12.0 Å². The van der Waals surface area contributed by atoms with Crippen LogP contribution in [0.1, 0.15) is 52.6 Å². The summed E-state index contributed by atoms with van der Waals surface area (Å²) < 4.78 is 5.77. The summed E-state index contributed by atoms with van der Waals surface area (Å²) in [6, 6.07) is 34.4. The lowest BCUT2D eigenvalue weighted by Crippen LogP contribution is -2.43. The molecule has 4 aromatic rings. The molecule has 2 atom stereocenters. The van der Waals surface area contributed by atoms with Gasteiger partial charge >= 0.3 is 6.09 Å². The number of nitrogens with one attached hydrogen (secondary N) is 1. The Morgan fingerprint density at radius 1 is 0.854 bits per heavy atom. The van der Waals surface area contributed by atoms with E-state index in [1.54, 1.807) is 0 Å². The standard InChI is InChI=1S/C36H34N2O3/c1-25-18-20-27(21-19-25)34-17-9-12-28(22-35(39)38(34)23-26-10-3-2-4-11-26)37-36(40)41-24-33-31-15-7-5-13-29(31)30-14-6-8-16-32(30)33/h2-11,13-21,28,33-34H,12,22-24H2,1H3,(H,37,40)/b17-9-. The fraction of sp³-hybridized carbons (Fsp3) is 0.222. The van der Waals surface area contributed by atoms with Crippen LogP contribution in [0.15, 0.2) is 115 Å². The molecule has 0 radical (unpaired) electrons. The largest absolute Gasteiger partial charge is 0.449 e. The molecule has 1 aliphatic carbocycles. The highest BCUT2D eigenvalue weighted by atomic mass is 16.5. The van der Waals surface area contributed by atoms with Crippen molar-refractivity contribution in [3.8, 4) is 11.1 Å². The van der Waals surface area contributed by atoms with Crippen LogP contribution >= 0.6 is 0 Å². The lowest BCUT2D eigenvalue weighted by Gasteiger charge is -2.33. The highest BCUT2D eigenvalue weighted by molar-refractivity contribution is 5.80. The molecule has 1 heterocycles. The first kappa shape index (κ1) is 26.6. The molecule has 206 valence electrons. The zero-order chi connectivity index (χ0) is 28.2. The van der Waals surface area contributed by atoms with Crippen molar-refractivity contribution in [2.45, 2.75) is 44.3 Å². The Morgan fingerprint density at radius 2 is 1.49 bits per heavy atom. The van der Waals surface area contributed by atoms with E-state index in [0.29, 0.717) is 13.0 Å². The molecule has 2 amide bonds. The first-order chi connectivity index (χ1) is 20.1. The highest BCUT2D eigenvalue weighted by Gasteiger charge is 2.31. The Kier molecular flexibility index (Phi) is 7.68. The van der Waals surface area contributed by atoms with Crippen LogP contribution in [0.5, 0.6) is 0 Å². The monoisotopic (exact) mass is 542 g/mol. The van der Waals surface area contributed by atoms with Crippen LogP contribution < -0.4 is 5.32 Å². The number of carbonyl (C=O) groups excluding carboxylic acids is 2. The molecule has 2 aliphatic rings. The third-order valence-corrected chi connectivity index (χ3v) is 8.10. The van der Waals surface area contributed by atoms with E-state index in [1.165, 1.54) is 27.8 Å². The number of nitrogens with zero attached hydrogens (tertiary/aromatic N) is 1. The molecule has 1 aliphatic heterocycles. The van der Waals surface area contributed by atoms with Gasteiger partial charge in [0, 0.05) is 24.9 Å². The number of rotatable bonds is 6. The van der Waals surface area contributed by atoms with Crippen LogP contribution in [0.4, 0.5) is 4.79 Å². The van der Waals surface area contributed by atoms with Gasteiger partial charge in [-0.3, -0.25) is 4.79 Å². The fourth-order valence-electron chi connectivity index (χ4n) is 5.98. The second kappa shape index (κ2) is 11.8. The normalized spacial score (nSPS) is 19.0. The third-order valence-electron chi connectivity index (χ3n) is 8.10. The Balaban J connectivity index is 1.16. The topological polar surface area (TPSA) is 58.6 Å². The Morgan fingerprint density at radius 3 is 2.17 bits per heavy atom. The maximum absolute atomic E-state index is 13.8. The molecule has 5 heteroatoms. The predicted molar refractivity (Wildman–Crippen MR) is 161 cm³/mol. The molecule has 0 spiro atoms. The summed E-state index contributed by atoms with van der Waals surface area (Å²) in [4.78, 5) is 28.7. The summed E-state index contributed by atoms with van der Waals surface area (Å²) in [5.74, 6) is -0.0173. The number of hydrogen-bond acceptors (Lipinski definition) is 3. The van der Waals surface area contributed by atoms with Gasteiger partial charge in [-0.15, -0.1) is 0 Å². The van der Waals surface area contributed by atoms with Crippen LogP contribution in [0.25, 0.3) is 11.1 Å². The molecule has 4 aromatic carbocycles. The molecular formula is C36H34N2O3. The van der Waals surface area contributed by atoms with Crippen molar-refractivity contribution in [3.63, 3.8) is 0 Å². The zero-order valence-corrected chi connectivity index (χ0v) is 23.2. The first-order valence-electron chi connectivity index (χ1n) is 14.2. The average molecular weight is 543 g/mol. The third kappa shape index (κ3) is 5.80. The fourth-order valence-corrected chi connectivity index (χ4v) is 5.98. The van der Waals surface area contributed by atoms with Gasteiger partial charge in [0.05, 0.1) is 6.04 Å². The van der Waals surface area contributed by atoms with Gasteiger partial charge in [0.15, 0.2) is 0 Å². The highest BCUT2D eigenvalue weighted by Crippen LogP contribution is 2.44. The van der Waals surface area contributed by atoms with E-state index < -0.39 is 6.09 Å². The maximum Gasteiger partial charge on any atom is 0.407 e. The Labute approximate surface area is 241 Å². The SMILES string of the molecule is Cc1ccc(C2/C=C\CC(NC(=O)OCC3c4ccccc4-c4ccccc43)CC(=O)N2Cc2ccccc2)cc1. The van der Waals surface area contributed by atoms with Crippen LogP contribution in [0.3, 0.4) is 0 Å².